The Morgan fingerprint density at radius 1 is 1.20 bits per heavy atom. The average molecular weight is 219 g/mol. The van der Waals surface area contributed by atoms with Gasteiger partial charge in [-0.25, -0.2) is 10.9 Å². The van der Waals surface area contributed by atoms with E-state index < -0.39 is 36.4 Å². The molecule has 0 fully saturated rings. The van der Waals surface area contributed by atoms with Crippen LogP contribution in [0, 0.1) is 0 Å². The number of carboxylic acid groups (broad SMARTS) is 2. The van der Waals surface area contributed by atoms with Gasteiger partial charge in [0.2, 0.25) is 5.91 Å². The Morgan fingerprint density at radius 2 is 1.73 bits per heavy atom. The number of hydrazine groups is 1. The van der Waals surface area contributed by atoms with E-state index in [1.807, 2.05) is 0 Å². The summed E-state index contributed by atoms with van der Waals surface area (Å²) < 4.78 is 0. The molecule has 0 aromatic carbocycles. The fourth-order valence-corrected chi connectivity index (χ4v) is 0.689. The number of hydrogen-bond donors (Lipinski definition) is 5. The second-order valence-electron chi connectivity index (χ2n) is 2.91. The third kappa shape index (κ3) is 5.60. The summed E-state index contributed by atoms with van der Waals surface area (Å²) in [6.45, 7) is 1.32. The Kier molecular flexibility index (Phi) is 5.27. The zero-order chi connectivity index (χ0) is 12.0. The van der Waals surface area contributed by atoms with Crippen molar-refractivity contribution in [2.24, 2.45) is 5.73 Å². The summed E-state index contributed by atoms with van der Waals surface area (Å²) in [6, 6.07) is -2.22. The van der Waals surface area contributed by atoms with Crippen molar-refractivity contribution in [2.75, 3.05) is 0 Å². The van der Waals surface area contributed by atoms with Crippen LogP contribution >= 0.6 is 0 Å². The van der Waals surface area contributed by atoms with Gasteiger partial charge in [-0.1, -0.05) is 0 Å². The molecule has 0 aromatic heterocycles. The first-order chi connectivity index (χ1) is 6.84. The molecule has 0 spiro atoms. The molecule has 0 aliphatic carbocycles. The zero-order valence-electron chi connectivity index (χ0n) is 8.06. The van der Waals surface area contributed by atoms with Gasteiger partial charge < -0.3 is 15.9 Å². The van der Waals surface area contributed by atoms with Crippen molar-refractivity contribution in [3.8, 4) is 0 Å². The van der Waals surface area contributed by atoms with Crippen LogP contribution in [0.4, 0.5) is 0 Å². The summed E-state index contributed by atoms with van der Waals surface area (Å²) in [5.74, 6) is -3.23. The first-order valence-corrected chi connectivity index (χ1v) is 4.09. The molecular weight excluding hydrogens is 206 g/mol. The molecule has 8 nitrogen and oxygen atoms in total. The van der Waals surface area contributed by atoms with Crippen LogP contribution in [-0.4, -0.2) is 40.1 Å². The lowest BCUT2D eigenvalue weighted by Gasteiger charge is -2.15. The minimum atomic E-state index is -1.29. The van der Waals surface area contributed by atoms with E-state index in [1.165, 1.54) is 6.92 Å². The molecule has 0 heterocycles. The standard InChI is InChI=1S/C7H13N3O5/c1-3(6(12)13)9-10-4(7(14)15)2-5(8)11/h3-4,9-10H,2H2,1H3,(H2,8,11)(H,12,13)(H,14,15)/t3-,4-/m0/s1. The number of carboxylic acids is 2. The number of primary amides is 1. The molecule has 0 saturated carbocycles. The van der Waals surface area contributed by atoms with Gasteiger partial charge in [0.25, 0.3) is 0 Å². The maximum atomic E-state index is 10.6. The van der Waals surface area contributed by atoms with Crippen LogP contribution in [-0.2, 0) is 14.4 Å². The van der Waals surface area contributed by atoms with Gasteiger partial charge in [-0.3, -0.25) is 14.4 Å². The molecule has 2 atom stereocenters. The summed E-state index contributed by atoms with van der Waals surface area (Å²) in [6.07, 6.45) is -0.422. The molecule has 0 aromatic rings. The number of nitrogens with one attached hydrogen (secondary N) is 2. The van der Waals surface area contributed by atoms with Crippen molar-refractivity contribution in [3.63, 3.8) is 0 Å². The summed E-state index contributed by atoms with van der Waals surface area (Å²) in [4.78, 5) is 31.4. The second-order valence-corrected chi connectivity index (χ2v) is 2.91. The third-order valence-corrected chi connectivity index (χ3v) is 1.55. The monoisotopic (exact) mass is 219 g/mol. The smallest absolute Gasteiger partial charge is 0.322 e. The molecule has 1 amide bonds. The van der Waals surface area contributed by atoms with E-state index in [2.05, 4.69) is 10.9 Å². The highest BCUT2D eigenvalue weighted by atomic mass is 16.4. The van der Waals surface area contributed by atoms with Crippen molar-refractivity contribution >= 4 is 17.8 Å². The Hall–Kier alpha value is -1.67. The van der Waals surface area contributed by atoms with E-state index >= 15 is 0 Å². The van der Waals surface area contributed by atoms with Crippen LogP contribution in [0.25, 0.3) is 0 Å². The SMILES string of the molecule is C[C@H](NN[C@@H](CC(N)=O)C(=O)O)C(=O)O. The molecule has 15 heavy (non-hydrogen) atoms. The minimum Gasteiger partial charge on any atom is -0.480 e. The fourth-order valence-electron chi connectivity index (χ4n) is 0.689. The average Bonchev–Trinajstić information content (AvgIpc) is 2.10. The summed E-state index contributed by atoms with van der Waals surface area (Å²) >= 11 is 0. The summed E-state index contributed by atoms with van der Waals surface area (Å²) in [5.41, 5.74) is 9.24. The van der Waals surface area contributed by atoms with Gasteiger partial charge in [-0.05, 0) is 6.92 Å². The van der Waals surface area contributed by atoms with E-state index in [1.54, 1.807) is 0 Å². The number of carbonyl (C=O) groups excluding carboxylic acids is 1. The molecule has 0 radical (unpaired) electrons. The van der Waals surface area contributed by atoms with Crippen LogP contribution in [0.5, 0.6) is 0 Å². The summed E-state index contributed by atoms with van der Waals surface area (Å²) in [7, 11) is 0. The van der Waals surface area contributed by atoms with Gasteiger partial charge in [0.1, 0.15) is 12.1 Å². The van der Waals surface area contributed by atoms with Gasteiger partial charge in [-0.2, -0.15) is 0 Å². The molecule has 86 valence electrons. The highest BCUT2D eigenvalue weighted by Crippen LogP contribution is 1.90. The Balaban J connectivity index is 4.13. The van der Waals surface area contributed by atoms with Crippen molar-refractivity contribution in [2.45, 2.75) is 25.4 Å². The first-order valence-electron chi connectivity index (χ1n) is 4.09. The first kappa shape index (κ1) is 13.3. The summed E-state index contributed by atoms with van der Waals surface area (Å²) in [5, 5.41) is 17.1. The van der Waals surface area contributed by atoms with E-state index in [9.17, 15) is 14.4 Å². The van der Waals surface area contributed by atoms with E-state index in [4.69, 9.17) is 15.9 Å². The Labute approximate surface area is 85.4 Å². The molecule has 0 saturated heterocycles. The zero-order valence-corrected chi connectivity index (χ0v) is 8.06. The van der Waals surface area contributed by atoms with E-state index in [-0.39, 0.29) is 0 Å². The molecule has 6 N–H and O–H groups in total. The lowest BCUT2D eigenvalue weighted by Crippen LogP contribution is -2.52. The van der Waals surface area contributed by atoms with E-state index in [0.29, 0.717) is 0 Å². The van der Waals surface area contributed by atoms with Gasteiger partial charge in [-0.15, -0.1) is 0 Å². The molecule has 0 unspecified atom stereocenters. The molecular formula is C7H13N3O5. The molecule has 0 aliphatic rings. The fraction of sp³-hybridized carbons (Fsp3) is 0.571. The quantitative estimate of drug-likeness (QED) is 0.308. The third-order valence-electron chi connectivity index (χ3n) is 1.55. The highest BCUT2D eigenvalue weighted by Gasteiger charge is 2.21. The Morgan fingerprint density at radius 3 is 2.07 bits per heavy atom. The maximum Gasteiger partial charge on any atom is 0.322 e. The lowest BCUT2D eigenvalue weighted by molar-refractivity contribution is -0.143. The van der Waals surface area contributed by atoms with Gasteiger partial charge in [0.15, 0.2) is 0 Å². The van der Waals surface area contributed by atoms with Crippen molar-refractivity contribution in [1.29, 1.82) is 0 Å². The Bertz CT molecular complexity index is 267. The van der Waals surface area contributed by atoms with Crippen molar-refractivity contribution in [1.82, 2.24) is 10.9 Å². The van der Waals surface area contributed by atoms with Crippen LogP contribution in [0.3, 0.4) is 0 Å². The normalized spacial score (nSPS) is 14.2. The van der Waals surface area contributed by atoms with Gasteiger partial charge in [0.05, 0.1) is 6.42 Å². The van der Waals surface area contributed by atoms with Gasteiger partial charge >= 0.3 is 11.9 Å². The van der Waals surface area contributed by atoms with Crippen LogP contribution in [0.15, 0.2) is 0 Å². The molecule has 8 heteroatoms. The highest BCUT2D eigenvalue weighted by molar-refractivity contribution is 5.83. The van der Waals surface area contributed by atoms with E-state index in [0.717, 1.165) is 0 Å². The number of hydrogen-bond acceptors (Lipinski definition) is 5. The van der Waals surface area contributed by atoms with Crippen molar-refractivity contribution < 1.29 is 24.6 Å². The van der Waals surface area contributed by atoms with Crippen LogP contribution in [0.2, 0.25) is 0 Å². The number of amides is 1. The second kappa shape index (κ2) is 5.94. The number of carbonyl (C=O) groups is 3. The predicted octanol–water partition coefficient (Wildman–Crippen LogP) is -2.12. The molecule has 0 rings (SSSR count). The maximum absolute atomic E-state index is 10.6. The largest absolute Gasteiger partial charge is 0.480 e. The van der Waals surface area contributed by atoms with Crippen LogP contribution in [0.1, 0.15) is 13.3 Å². The van der Waals surface area contributed by atoms with Crippen molar-refractivity contribution in [3.05, 3.63) is 0 Å². The lowest BCUT2D eigenvalue weighted by atomic mass is 10.2. The molecule has 0 aliphatic heterocycles. The number of aliphatic carboxylic acids is 2. The predicted molar refractivity (Wildman–Crippen MR) is 48.6 cm³/mol. The van der Waals surface area contributed by atoms with Gasteiger partial charge in [0, 0.05) is 0 Å². The molecule has 0 bridgehead atoms. The number of rotatable bonds is 7. The number of nitrogens with two attached hydrogens (primary N) is 1. The minimum absolute atomic E-state index is 0.422. The topological polar surface area (TPSA) is 142 Å². The van der Waals surface area contributed by atoms with Crippen LogP contribution < -0.4 is 16.6 Å².